The van der Waals surface area contributed by atoms with Crippen LogP contribution in [0.25, 0.3) is 0 Å². The van der Waals surface area contributed by atoms with E-state index in [0.29, 0.717) is 78.3 Å². The summed E-state index contributed by atoms with van der Waals surface area (Å²) in [7, 11) is -3.62. The van der Waals surface area contributed by atoms with Crippen molar-refractivity contribution in [2.24, 2.45) is 28.6 Å². The molecule has 6 aliphatic rings. The Hall–Kier alpha value is -1.04. The topological polar surface area (TPSA) is 126 Å². The molecule has 0 bridgehead atoms. The van der Waals surface area contributed by atoms with Crippen LogP contribution in [0.3, 0.4) is 0 Å². The second kappa shape index (κ2) is 10.8. The van der Waals surface area contributed by atoms with Crippen molar-refractivity contribution in [1.29, 1.82) is 0 Å². The van der Waals surface area contributed by atoms with E-state index in [9.17, 15) is 24.4 Å². The lowest BCUT2D eigenvalue weighted by atomic mass is 9.44. The van der Waals surface area contributed by atoms with E-state index < -0.39 is 60.1 Å². The van der Waals surface area contributed by atoms with Gasteiger partial charge in [0.2, 0.25) is 0 Å². The van der Waals surface area contributed by atoms with E-state index in [0.717, 1.165) is 5.57 Å². The zero-order valence-corrected chi connectivity index (χ0v) is 26.0. The minimum absolute atomic E-state index is 0.000528. The molecule has 42 heavy (non-hydrogen) atoms. The van der Waals surface area contributed by atoms with Gasteiger partial charge in [0.05, 0.1) is 32.5 Å². The highest BCUT2D eigenvalue weighted by molar-refractivity contribution is 7.54. The normalized spacial score (nSPS) is 45.1. The number of hydrogen-bond acceptors (Lipinski definition) is 8. The standard InChI is InChI=1S/C30H46FN2O8P/c1-20-16-24-23-5-4-21-17-22(34)6-7-27(21,2)29(23,31)25(35)18-28(24,3)30(20,37)26(36)19-41-42(38,32-8-12-39-13-9-32)33-10-14-40-15-11-33/h17,20,23-25,35,37H,4-16,18-19H2,1-3H3/t20-,23+,24+,25+,27?,28+,29+,30+/m1/s1. The molecule has 12 heteroatoms. The third-order valence-electron chi connectivity index (χ3n) is 12.1. The van der Waals surface area contributed by atoms with Crippen molar-refractivity contribution in [3.8, 4) is 0 Å². The fourth-order valence-electron chi connectivity index (χ4n) is 9.71. The fourth-order valence-corrected chi connectivity index (χ4v) is 12.0. The first-order chi connectivity index (χ1) is 19.8. The van der Waals surface area contributed by atoms with Gasteiger partial charge < -0.3 is 19.7 Å². The molecule has 2 saturated heterocycles. The van der Waals surface area contributed by atoms with Crippen molar-refractivity contribution in [3.63, 3.8) is 0 Å². The number of fused-ring (bicyclic) bond motifs is 5. The zero-order chi connectivity index (χ0) is 30.1. The molecule has 2 N–H and O–H groups in total. The lowest BCUT2D eigenvalue weighted by Gasteiger charge is -2.63. The molecular formula is C30H46FN2O8P. The summed E-state index contributed by atoms with van der Waals surface area (Å²) in [4.78, 5) is 26.3. The number of ketones is 2. The van der Waals surface area contributed by atoms with Crippen molar-refractivity contribution >= 4 is 19.2 Å². The van der Waals surface area contributed by atoms with Crippen molar-refractivity contribution < 1.29 is 42.8 Å². The Morgan fingerprint density at radius 1 is 1.10 bits per heavy atom. The Morgan fingerprint density at radius 3 is 2.29 bits per heavy atom. The van der Waals surface area contributed by atoms with Crippen molar-refractivity contribution in [3.05, 3.63) is 11.6 Å². The summed E-state index contributed by atoms with van der Waals surface area (Å²) < 4.78 is 52.4. The molecule has 3 saturated carbocycles. The van der Waals surface area contributed by atoms with Crippen LogP contribution in [0.15, 0.2) is 11.6 Å². The van der Waals surface area contributed by atoms with E-state index in [4.69, 9.17) is 14.0 Å². The lowest BCUT2D eigenvalue weighted by Crippen LogP contribution is -2.70. The third kappa shape index (κ3) is 4.25. The second-order valence-corrected chi connectivity index (χ2v) is 16.2. The lowest BCUT2D eigenvalue weighted by molar-refractivity contribution is -0.228. The summed E-state index contributed by atoms with van der Waals surface area (Å²) >= 11 is 0. The molecule has 236 valence electrons. The molecule has 5 fully saturated rings. The molecule has 1 unspecified atom stereocenters. The summed E-state index contributed by atoms with van der Waals surface area (Å²) in [6.45, 7) is 8.11. The van der Waals surface area contributed by atoms with E-state index in [1.807, 2.05) is 20.8 Å². The van der Waals surface area contributed by atoms with E-state index in [1.165, 1.54) is 0 Å². The number of aliphatic hydroxyl groups is 2. The Kier molecular flexibility index (Phi) is 7.96. The van der Waals surface area contributed by atoms with Crippen LogP contribution in [0.5, 0.6) is 0 Å². The maximum Gasteiger partial charge on any atom is 0.346 e. The van der Waals surface area contributed by atoms with Crippen LogP contribution >= 0.6 is 7.67 Å². The molecule has 4 aliphatic carbocycles. The molecular weight excluding hydrogens is 566 g/mol. The molecule has 0 spiro atoms. The quantitative estimate of drug-likeness (QED) is 0.433. The number of carbonyl (C=O) groups is 2. The summed E-state index contributed by atoms with van der Waals surface area (Å²) in [6.07, 6.45) is 2.11. The van der Waals surface area contributed by atoms with Crippen LogP contribution in [0.1, 0.15) is 59.3 Å². The Balaban J connectivity index is 1.28. The number of aliphatic hydroxyl groups excluding tert-OH is 1. The van der Waals surface area contributed by atoms with Gasteiger partial charge in [-0.25, -0.2) is 13.7 Å². The molecule has 10 nitrogen and oxygen atoms in total. The van der Waals surface area contributed by atoms with Gasteiger partial charge in [-0.3, -0.25) is 18.7 Å². The minimum atomic E-state index is -3.62. The van der Waals surface area contributed by atoms with Gasteiger partial charge in [-0.1, -0.05) is 26.3 Å². The number of allylic oxidation sites excluding steroid dienone is 1. The molecule has 0 aromatic rings. The highest BCUT2D eigenvalue weighted by atomic mass is 31.2. The van der Waals surface area contributed by atoms with Gasteiger partial charge in [0.15, 0.2) is 11.6 Å². The number of nitrogens with zero attached hydrogens (tertiary/aromatic N) is 2. The first-order valence-electron chi connectivity index (χ1n) is 15.6. The van der Waals surface area contributed by atoms with Crippen LogP contribution in [0.2, 0.25) is 0 Å². The smallest absolute Gasteiger partial charge is 0.346 e. The molecule has 0 aromatic carbocycles. The van der Waals surface area contributed by atoms with E-state index >= 15 is 4.39 Å². The largest absolute Gasteiger partial charge is 0.390 e. The first kappa shape index (κ1) is 31.0. The number of halogens is 1. The Bertz CT molecular complexity index is 1170. The molecule has 0 radical (unpaired) electrons. The summed E-state index contributed by atoms with van der Waals surface area (Å²) in [6, 6.07) is 0. The summed E-state index contributed by atoms with van der Waals surface area (Å²) in [5, 5.41) is 24.0. The van der Waals surface area contributed by atoms with Gasteiger partial charge >= 0.3 is 7.67 Å². The van der Waals surface area contributed by atoms with Gasteiger partial charge in [-0.15, -0.1) is 0 Å². The average molecular weight is 613 g/mol. The third-order valence-corrected chi connectivity index (χ3v) is 14.8. The van der Waals surface area contributed by atoms with Crippen LogP contribution in [-0.4, -0.2) is 108 Å². The number of hydrogen-bond donors (Lipinski definition) is 2. The molecule has 0 aromatic heterocycles. The molecule has 6 rings (SSSR count). The molecule has 8 atom stereocenters. The van der Waals surface area contributed by atoms with Gasteiger partial charge in [-0.05, 0) is 50.0 Å². The maximum absolute atomic E-state index is 17.5. The predicted octanol–water partition coefficient (Wildman–Crippen LogP) is 2.92. The van der Waals surface area contributed by atoms with Gasteiger partial charge in [0.25, 0.3) is 0 Å². The van der Waals surface area contributed by atoms with E-state index in [1.54, 1.807) is 15.4 Å². The predicted molar refractivity (Wildman–Crippen MR) is 151 cm³/mol. The van der Waals surface area contributed by atoms with Gasteiger partial charge in [-0.2, -0.15) is 0 Å². The highest BCUT2D eigenvalue weighted by Crippen LogP contribution is 2.71. The number of rotatable bonds is 6. The summed E-state index contributed by atoms with van der Waals surface area (Å²) in [5.41, 5.74) is -5.15. The highest BCUT2D eigenvalue weighted by Gasteiger charge is 2.75. The average Bonchev–Trinajstić information content (AvgIpc) is 3.19. The number of carbonyl (C=O) groups excluding carboxylic acids is 2. The number of ether oxygens (including phenoxy) is 2. The van der Waals surface area contributed by atoms with Gasteiger partial charge in [0, 0.05) is 49.3 Å². The number of alkyl halides is 1. The summed E-state index contributed by atoms with van der Waals surface area (Å²) in [5.74, 6) is -2.01. The van der Waals surface area contributed by atoms with Crippen LogP contribution in [0, 0.1) is 28.6 Å². The SMILES string of the molecule is C[C@@H]1C[C@H]2[C@@H]3CCC4=CC(=O)CCC4(C)[C@@]3(F)[C@@H](O)C[C@]2(C)[C@@]1(O)C(=O)COP(=O)(N1CCOCC1)N1CCOCC1. The Labute approximate surface area is 247 Å². The maximum atomic E-state index is 17.5. The van der Waals surface area contributed by atoms with E-state index in [-0.39, 0.29) is 24.5 Å². The van der Waals surface area contributed by atoms with Crippen molar-refractivity contribution in [2.75, 3.05) is 59.2 Å². The van der Waals surface area contributed by atoms with Crippen LogP contribution in [-0.2, 0) is 28.2 Å². The van der Waals surface area contributed by atoms with Crippen LogP contribution < -0.4 is 0 Å². The minimum Gasteiger partial charge on any atom is -0.390 e. The zero-order valence-electron chi connectivity index (χ0n) is 25.1. The van der Waals surface area contributed by atoms with Crippen molar-refractivity contribution in [1.82, 2.24) is 9.34 Å². The Morgan fingerprint density at radius 2 is 1.69 bits per heavy atom. The molecule has 2 aliphatic heterocycles. The van der Waals surface area contributed by atoms with Crippen molar-refractivity contribution in [2.45, 2.75) is 76.7 Å². The van der Waals surface area contributed by atoms with Crippen LogP contribution in [0.4, 0.5) is 4.39 Å². The van der Waals surface area contributed by atoms with Gasteiger partial charge in [0.1, 0.15) is 17.9 Å². The second-order valence-electron chi connectivity index (χ2n) is 13.8. The van der Waals surface area contributed by atoms with E-state index in [2.05, 4.69) is 0 Å². The molecule has 2 heterocycles. The molecule has 0 amide bonds. The first-order valence-corrected chi connectivity index (χ1v) is 17.1. The fraction of sp³-hybridized carbons (Fsp3) is 0.867. The monoisotopic (exact) mass is 612 g/mol. The number of morpholine rings is 2. The number of Topliss-reactive ketones (excluding diaryl/α,β-unsaturated/α-hetero) is 1.